The third kappa shape index (κ3) is 5.22. The fraction of sp³-hybridized carbons (Fsp3) is 0.455. The first kappa shape index (κ1) is 22.3. The number of nitrogens with one attached hydrogen (secondary N) is 1. The minimum Gasteiger partial charge on any atom is -0.466 e. The summed E-state index contributed by atoms with van der Waals surface area (Å²) < 4.78 is 11.8. The van der Waals surface area contributed by atoms with E-state index in [1.807, 2.05) is 12.1 Å². The Hall–Kier alpha value is -3.36. The van der Waals surface area contributed by atoms with E-state index in [0.717, 1.165) is 18.5 Å². The lowest BCUT2D eigenvalue weighted by molar-refractivity contribution is -0.149. The van der Waals surface area contributed by atoms with Gasteiger partial charge in [0.2, 0.25) is 0 Å². The monoisotopic (exact) mass is 428 g/mol. The molecule has 1 aliphatic rings. The van der Waals surface area contributed by atoms with E-state index in [1.165, 1.54) is 6.20 Å². The fourth-order valence-electron chi connectivity index (χ4n) is 3.58. The number of urea groups is 1. The van der Waals surface area contributed by atoms with E-state index in [-0.39, 0.29) is 17.9 Å². The van der Waals surface area contributed by atoms with Gasteiger partial charge in [0, 0.05) is 18.8 Å². The van der Waals surface area contributed by atoms with E-state index >= 15 is 0 Å². The SMILES string of the molecule is CCOC(=O)c1cnn(-c2ccc(NC(=O)N3CCC[C@H](C(=O)OCC)C3)cc2)c1C. The van der Waals surface area contributed by atoms with Gasteiger partial charge < -0.3 is 19.7 Å². The van der Waals surface area contributed by atoms with Gasteiger partial charge in [-0.25, -0.2) is 14.3 Å². The van der Waals surface area contributed by atoms with Crippen LogP contribution in [0.25, 0.3) is 5.69 Å². The molecule has 31 heavy (non-hydrogen) atoms. The molecule has 0 aliphatic carbocycles. The summed E-state index contributed by atoms with van der Waals surface area (Å²) >= 11 is 0. The summed E-state index contributed by atoms with van der Waals surface area (Å²) in [5, 5.41) is 7.14. The van der Waals surface area contributed by atoms with Gasteiger partial charge in [-0.2, -0.15) is 5.10 Å². The lowest BCUT2D eigenvalue weighted by atomic mass is 9.98. The lowest BCUT2D eigenvalue weighted by Crippen LogP contribution is -2.44. The Labute approximate surface area is 181 Å². The van der Waals surface area contributed by atoms with Crippen LogP contribution in [0.3, 0.4) is 0 Å². The van der Waals surface area contributed by atoms with Crippen molar-refractivity contribution < 1.29 is 23.9 Å². The Kier molecular flexibility index (Phi) is 7.28. The van der Waals surface area contributed by atoms with Crippen LogP contribution in [0.2, 0.25) is 0 Å². The molecule has 166 valence electrons. The number of benzene rings is 1. The van der Waals surface area contributed by atoms with Crippen LogP contribution in [0.4, 0.5) is 10.5 Å². The molecule has 1 saturated heterocycles. The maximum absolute atomic E-state index is 12.6. The van der Waals surface area contributed by atoms with Crippen LogP contribution in [-0.2, 0) is 14.3 Å². The topological polar surface area (TPSA) is 103 Å². The molecule has 1 aromatic carbocycles. The summed E-state index contributed by atoms with van der Waals surface area (Å²) in [5.74, 6) is -0.933. The van der Waals surface area contributed by atoms with Crippen molar-refractivity contribution in [2.24, 2.45) is 5.92 Å². The van der Waals surface area contributed by atoms with Crippen LogP contribution < -0.4 is 5.32 Å². The molecule has 1 atom stereocenters. The van der Waals surface area contributed by atoms with Crippen molar-refractivity contribution in [2.75, 3.05) is 31.6 Å². The van der Waals surface area contributed by atoms with Gasteiger partial charge in [0.05, 0.1) is 36.7 Å². The first-order chi connectivity index (χ1) is 14.9. The molecule has 2 aromatic rings. The normalized spacial score (nSPS) is 16.0. The van der Waals surface area contributed by atoms with Crippen molar-refractivity contribution in [3.05, 3.63) is 41.7 Å². The first-order valence-electron chi connectivity index (χ1n) is 10.5. The van der Waals surface area contributed by atoms with Gasteiger partial charge in [0.15, 0.2) is 0 Å². The van der Waals surface area contributed by atoms with Gasteiger partial charge in [0.25, 0.3) is 0 Å². The van der Waals surface area contributed by atoms with E-state index in [0.29, 0.717) is 43.2 Å². The number of carbonyl (C=O) groups excluding carboxylic acids is 3. The summed E-state index contributed by atoms with van der Waals surface area (Å²) in [6.45, 7) is 6.92. The Balaban J connectivity index is 1.64. The highest BCUT2D eigenvalue weighted by molar-refractivity contribution is 5.91. The van der Waals surface area contributed by atoms with Gasteiger partial charge in [-0.15, -0.1) is 0 Å². The van der Waals surface area contributed by atoms with Gasteiger partial charge in [-0.05, 0) is 57.9 Å². The molecule has 1 aromatic heterocycles. The highest BCUT2D eigenvalue weighted by Gasteiger charge is 2.29. The zero-order valence-corrected chi connectivity index (χ0v) is 18.1. The maximum atomic E-state index is 12.6. The van der Waals surface area contributed by atoms with E-state index in [9.17, 15) is 14.4 Å². The second-order valence-corrected chi connectivity index (χ2v) is 7.29. The van der Waals surface area contributed by atoms with Crippen LogP contribution in [0.1, 0.15) is 42.7 Å². The van der Waals surface area contributed by atoms with Crippen LogP contribution in [0.15, 0.2) is 30.5 Å². The van der Waals surface area contributed by atoms with Crippen molar-refractivity contribution in [3.63, 3.8) is 0 Å². The number of hydrogen-bond donors (Lipinski definition) is 1. The molecule has 0 spiro atoms. The van der Waals surface area contributed by atoms with Gasteiger partial charge in [-0.3, -0.25) is 4.79 Å². The van der Waals surface area contributed by atoms with Crippen molar-refractivity contribution in [1.29, 1.82) is 0 Å². The zero-order chi connectivity index (χ0) is 22.4. The number of rotatable bonds is 6. The molecular weight excluding hydrogens is 400 g/mol. The van der Waals surface area contributed by atoms with Gasteiger partial charge in [-0.1, -0.05) is 0 Å². The lowest BCUT2D eigenvalue weighted by Gasteiger charge is -2.31. The molecule has 1 fully saturated rings. The van der Waals surface area contributed by atoms with Crippen molar-refractivity contribution >= 4 is 23.7 Å². The highest BCUT2D eigenvalue weighted by Crippen LogP contribution is 2.21. The third-order valence-electron chi connectivity index (χ3n) is 5.20. The first-order valence-corrected chi connectivity index (χ1v) is 10.5. The number of piperidine rings is 1. The number of likely N-dealkylation sites (tertiary alicyclic amines) is 1. The average Bonchev–Trinajstić information content (AvgIpc) is 3.16. The second kappa shape index (κ2) is 10.1. The van der Waals surface area contributed by atoms with Crippen molar-refractivity contribution in [2.45, 2.75) is 33.6 Å². The van der Waals surface area contributed by atoms with Gasteiger partial charge >= 0.3 is 18.0 Å². The molecule has 0 unspecified atom stereocenters. The minimum atomic E-state index is -0.405. The summed E-state index contributed by atoms with van der Waals surface area (Å²) in [6.07, 6.45) is 2.98. The molecule has 1 N–H and O–H groups in total. The number of nitrogens with zero attached hydrogens (tertiary/aromatic N) is 3. The van der Waals surface area contributed by atoms with Crippen LogP contribution in [0, 0.1) is 12.8 Å². The summed E-state index contributed by atoms with van der Waals surface area (Å²) in [4.78, 5) is 38.2. The van der Waals surface area contributed by atoms with Crippen molar-refractivity contribution in [3.8, 4) is 5.69 Å². The highest BCUT2D eigenvalue weighted by atomic mass is 16.5. The summed E-state index contributed by atoms with van der Waals surface area (Å²) in [5.41, 5.74) is 2.47. The standard InChI is InChI=1S/C22H28N4O5/c1-4-30-20(27)16-7-6-12-25(14-16)22(29)24-17-8-10-18(11-9-17)26-15(3)19(13-23-26)21(28)31-5-2/h8-11,13,16H,4-7,12,14H2,1-3H3,(H,24,29)/t16-/m0/s1. The van der Waals surface area contributed by atoms with E-state index in [4.69, 9.17) is 9.47 Å². The smallest absolute Gasteiger partial charge is 0.341 e. The summed E-state index contributed by atoms with van der Waals surface area (Å²) in [7, 11) is 0. The number of esters is 2. The molecule has 2 amide bonds. The molecule has 0 saturated carbocycles. The largest absolute Gasteiger partial charge is 0.466 e. The van der Waals surface area contributed by atoms with E-state index < -0.39 is 5.97 Å². The average molecular weight is 428 g/mol. The number of anilines is 1. The number of amides is 2. The molecule has 2 heterocycles. The predicted molar refractivity (Wildman–Crippen MR) is 114 cm³/mol. The molecule has 9 nitrogen and oxygen atoms in total. The molecule has 0 bridgehead atoms. The molecule has 9 heteroatoms. The number of aromatic nitrogens is 2. The number of carbonyl (C=O) groups is 3. The molecule has 3 rings (SSSR count). The van der Waals surface area contributed by atoms with Crippen LogP contribution >= 0.6 is 0 Å². The van der Waals surface area contributed by atoms with Crippen LogP contribution in [-0.4, -0.2) is 59.0 Å². The maximum Gasteiger partial charge on any atom is 0.341 e. The molecule has 0 radical (unpaired) electrons. The Bertz CT molecular complexity index is 938. The molecular formula is C22H28N4O5. The Morgan fingerprint density at radius 1 is 1.13 bits per heavy atom. The molecule has 1 aliphatic heterocycles. The second-order valence-electron chi connectivity index (χ2n) is 7.29. The third-order valence-corrected chi connectivity index (χ3v) is 5.20. The summed E-state index contributed by atoms with van der Waals surface area (Å²) in [6, 6.07) is 6.90. The Morgan fingerprint density at radius 2 is 1.84 bits per heavy atom. The van der Waals surface area contributed by atoms with Gasteiger partial charge in [0.1, 0.15) is 5.56 Å². The quantitative estimate of drug-likeness (QED) is 0.709. The Morgan fingerprint density at radius 3 is 2.52 bits per heavy atom. The number of ether oxygens (including phenoxy) is 2. The van der Waals surface area contributed by atoms with E-state index in [2.05, 4.69) is 10.4 Å². The predicted octanol–water partition coefficient (Wildman–Crippen LogP) is 3.16. The van der Waals surface area contributed by atoms with E-state index in [1.54, 1.807) is 42.5 Å². The number of hydrogen-bond acceptors (Lipinski definition) is 6. The fourth-order valence-corrected chi connectivity index (χ4v) is 3.58. The van der Waals surface area contributed by atoms with Crippen LogP contribution in [0.5, 0.6) is 0 Å². The van der Waals surface area contributed by atoms with Crippen molar-refractivity contribution in [1.82, 2.24) is 14.7 Å². The minimum absolute atomic E-state index is 0.249. The zero-order valence-electron chi connectivity index (χ0n) is 18.1.